The number of rotatable bonds is 4. The van der Waals surface area contributed by atoms with Gasteiger partial charge in [0.15, 0.2) is 0 Å². The van der Waals surface area contributed by atoms with Gasteiger partial charge in [0.1, 0.15) is 0 Å². The average molecular weight is 168 g/mol. The van der Waals surface area contributed by atoms with E-state index in [-0.39, 0.29) is 11.1 Å². The molecule has 0 amide bonds. The number of hydrogen-bond donors (Lipinski definition) is 2. The van der Waals surface area contributed by atoms with Crippen LogP contribution in [0.1, 0.15) is 45.4 Å². The van der Waals surface area contributed by atoms with Gasteiger partial charge in [-0.1, -0.05) is 26.2 Å². The molecule has 0 aromatic carbocycles. The monoisotopic (exact) mass is 168 g/mol. The fourth-order valence-electron chi connectivity index (χ4n) is 3.15. The van der Waals surface area contributed by atoms with Gasteiger partial charge in [-0.05, 0) is 25.2 Å². The summed E-state index contributed by atoms with van der Waals surface area (Å²) in [6.45, 7) is 2.23. The summed E-state index contributed by atoms with van der Waals surface area (Å²) in [7, 11) is 0. The van der Waals surface area contributed by atoms with E-state index in [1.54, 1.807) is 0 Å². The van der Waals surface area contributed by atoms with Crippen molar-refractivity contribution in [1.82, 2.24) is 0 Å². The highest BCUT2D eigenvalue weighted by atomic mass is 15.0. The van der Waals surface area contributed by atoms with E-state index >= 15 is 0 Å². The van der Waals surface area contributed by atoms with Gasteiger partial charge < -0.3 is 11.5 Å². The van der Waals surface area contributed by atoms with Gasteiger partial charge in [-0.25, -0.2) is 0 Å². The summed E-state index contributed by atoms with van der Waals surface area (Å²) < 4.78 is 0. The van der Waals surface area contributed by atoms with E-state index in [1.807, 2.05) is 0 Å². The van der Waals surface area contributed by atoms with Gasteiger partial charge in [0, 0.05) is 11.1 Å². The highest BCUT2D eigenvalue weighted by molar-refractivity contribution is 5.31. The van der Waals surface area contributed by atoms with Crippen LogP contribution in [0.25, 0.3) is 0 Å². The molecule has 3 aliphatic rings. The van der Waals surface area contributed by atoms with Crippen molar-refractivity contribution < 1.29 is 0 Å². The molecule has 0 aromatic heterocycles. The summed E-state index contributed by atoms with van der Waals surface area (Å²) in [5, 5.41) is 0. The zero-order chi connectivity index (χ0) is 8.82. The van der Waals surface area contributed by atoms with Crippen LogP contribution < -0.4 is 11.5 Å². The lowest BCUT2D eigenvalue weighted by atomic mass is 9.37. The molecule has 0 spiro atoms. The first-order valence-electron chi connectivity index (χ1n) is 5.18. The first-order chi connectivity index (χ1) is 5.61. The van der Waals surface area contributed by atoms with Crippen LogP contribution in [-0.4, -0.2) is 11.1 Å². The SMILES string of the molecule is CCCCCC1C2(N)CC1(N)C2. The Bertz CT molecular complexity index is 168. The highest BCUT2D eigenvalue weighted by Crippen LogP contribution is 2.63. The van der Waals surface area contributed by atoms with Crippen molar-refractivity contribution in [1.29, 1.82) is 0 Å². The van der Waals surface area contributed by atoms with Gasteiger partial charge in [0.25, 0.3) is 0 Å². The molecule has 0 aromatic rings. The average Bonchev–Trinajstić information content (AvgIpc) is 1.97. The topological polar surface area (TPSA) is 52.0 Å². The molecule has 4 N–H and O–H groups in total. The van der Waals surface area contributed by atoms with E-state index in [1.165, 1.54) is 25.7 Å². The Morgan fingerprint density at radius 1 is 1.17 bits per heavy atom. The molecule has 3 fully saturated rings. The molecular weight excluding hydrogens is 148 g/mol. The first-order valence-corrected chi connectivity index (χ1v) is 5.18. The second-order valence-corrected chi connectivity index (χ2v) is 4.87. The molecule has 70 valence electrons. The number of hydrogen-bond acceptors (Lipinski definition) is 2. The van der Waals surface area contributed by atoms with E-state index < -0.39 is 0 Å². The molecule has 2 heteroatoms. The molecule has 2 nitrogen and oxygen atoms in total. The maximum Gasteiger partial charge on any atom is 0.0235 e. The van der Waals surface area contributed by atoms with Crippen molar-refractivity contribution in [2.45, 2.75) is 56.5 Å². The van der Waals surface area contributed by atoms with Crippen LogP contribution in [0.3, 0.4) is 0 Å². The van der Waals surface area contributed by atoms with Crippen molar-refractivity contribution in [2.24, 2.45) is 17.4 Å². The minimum atomic E-state index is 0.169. The molecule has 12 heavy (non-hydrogen) atoms. The van der Waals surface area contributed by atoms with Crippen molar-refractivity contribution in [3.63, 3.8) is 0 Å². The van der Waals surface area contributed by atoms with Crippen LogP contribution >= 0.6 is 0 Å². The minimum absolute atomic E-state index is 0.169. The Morgan fingerprint density at radius 2 is 1.75 bits per heavy atom. The van der Waals surface area contributed by atoms with Crippen LogP contribution in [0, 0.1) is 5.92 Å². The van der Waals surface area contributed by atoms with E-state index in [4.69, 9.17) is 11.5 Å². The minimum Gasteiger partial charge on any atom is -0.325 e. The standard InChI is InChI=1S/C10H20N2/c1-2-3-4-5-8-9(11)6-10(8,12)7-9/h8H,2-7,11-12H2,1H3. The summed E-state index contributed by atoms with van der Waals surface area (Å²) in [4.78, 5) is 0. The Labute approximate surface area is 74.7 Å². The van der Waals surface area contributed by atoms with Crippen molar-refractivity contribution in [3.05, 3.63) is 0 Å². The van der Waals surface area contributed by atoms with Crippen LogP contribution in [0.4, 0.5) is 0 Å². The molecule has 0 aliphatic heterocycles. The molecular formula is C10H20N2. The Hall–Kier alpha value is -0.0800. The van der Waals surface area contributed by atoms with Crippen LogP contribution in [0.5, 0.6) is 0 Å². The lowest BCUT2D eigenvalue weighted by molar-refractivity contribution is -0.140. The summed E-state index contributed by atoms with van der Waals surface area (Å²) in [6.07, 6.45) is 7.37. The summed E-state index contributed by atoms with van der Waals surface area (Å²) in [5.74, 6) is 0.650. The van der Waals surface area contributed by atoms with E-state index in [0.29, 0.717) is 5.92 Å². The highest BCUT2D eigenvalue weighted by Gasteiger charge is 2.71. The molecule has 3 aliphatic carbocycles. The van der Waals surface area contributed by atoms with Crippen LogP contribution in [0.15, 0.2) is 0 Å². The third-order valence-corrected chi connectivity index (χ3v) is 3.80. The van der Waals surface area contributed by atoms with E-state index in [9.17, 15) is 0 Å². The van der Waals surface area contributed by atoms with Gasteiger partial charge in [-0.2, -0.15) is 0 Å². The third-order valence-electron chi connectivity index (χ3n) is 3.80. The molecule has 0 radical (unpaired) electrons. The summed E-state index contributed by atoms with van der Waals surface area (Å²) in [6, 6.07) is 0. The number of nitrogens with two attached hydrogens (primary N) is 2. The smallest absolute Gasteiger partial charge is 0.0235 e. The van der Waals surface area contributed by atoms with Gasteiger partial charge >= 0.3 is 0 Å². The third kappa shape index (κ3) is 0.944. The van der Waals surface area contributed by atoms with Crippen LogP contribution in [-0.2, 0) is 0 Å². The van der Waals surface area contributed by atoms with E-state index in [0.717, 1.165) is 12.8 Å². The molecule has 2 bridgehead atoms. The first kappa shape index (κ1) is 8.52. The fraction of sp³-hybridized carbons (Fsp3) is 1.00. The lowest BCUT2D eigenvalue weighted by Crippen LogP contribution is -2.87. The zero-order valence-electron chi connectivity index (χ0n) is 7.97. The summed E-state index contributed by atoms with van der Waals surface area (Å²) >= 11 is 0. The summed E-state index contributed by atoms with van der Waals surface area (Å²) in [5.41, 5.74) is 12.6. The molecule has 0 heterocycles. The van der Waals surface area contributed by atoms with Crippen molar-refractivity contribution in [2.75, 3.05) is 0 Å². The lowest BCUT2D eigenvalue weighted by Gasteiger charge is -2.73. The van der Waals surface area contributed by atoms with Crippen molar-refractivity contribution in [3.8, 4) is 0 Å². The van der Waals surface area contributed by atoms with Gasteiger partial charge in [-0.3, -0.25) is 0 Å². The van der Waals surface area contributed by atoms with Crippen LogP contribution in [0.2, 0.25) is 0 Å². The molecule has 0 unspecified atom stereocenters. The van der Waals surface area contributed by atoms with Gasteiger partial charge in [0.2, 0.25) is 0 Å². The number of unbranched alkanes of at least 4 members (excludes halogenated alkanes) is 2. The largest absolute Gasteiger partial charge is 0.325 e. The Balaban J connectivity index is 1.76. The zero-order valence-corrected chi connectivity index (χ0v) is 7.97. The molecule has 0 saturated heterocycles. The van der Waals surface area contributed by atoms with Gasteiger partial charge in [0.05, 0.1) is 0 Å². The second kappa shape index (κ2) is 2.46. The molecule has 3 rings (SSSR count). The van der Waals surface area contributed by atoms with Gasteiger partial charge in [-0.15, -0.1) is 0 Å². The Kier molecular flexibility index (Phi) is 1.74. The maximum atomic E-state index is 6.12. The quantitative estimate of drug-likeness (QED) is 0.623. The normalized spacial score (nSPS) is 49.8. The Morgan fingerprint density at radius 3 is 2.17 bits per heavy atom. The molecule has 0 atom stereocenters. The second-order valence-electron chi connectivity index (χ2n) is 4.87. The fourth-order valence-corrected chi connectivity index (χ4v) is 3.15. The van der Waals surface area contributed by atoms with E-state index in [2.05, 4.69) is 6.92 Å². The predicted molar refractivity (Wildman–Crippen MR) is 50.7 cm³/mol. The molecule has 3 saturated carbocycles. The maximum absolute atomic E-state index is 6.12. The predicted octanol–water partition coefficient (Wildman–Crippen LogP) is 1.39. The van der Waals surface area contributed by atoms with Crippen molar-refractivity contribution >= 4 is 0 Å².